The Bertz CT molecular complexity index is 1530. The zero-order valence-corrected chi connectivity index (χ0v) is 27.1. The van der Waals surface area contributed by atoms with E-state index in [4.69, 9.17) is 29.4 Å². The molecule has 13 heteroatoms. The van der Waals surface area contributed by atoms with Crippen molar-refractivity contribution in [3.05, 3.63) is 57.6 Å². The molecule has 1 aliphatic heterocycles. The summed E-state index contributed by atoms with van der Waals surface area (Å²) >= 11 is 0. The molecule has 0 saturated carbocycles. The van der Waals surface area contributed by atoms with Gasteiger partial charge in [0.2, 0.25) is 5.78 Å². The third-order valence-electron chi connectivity index (χ3n) is 9.11. The molecule has 9 unspecified atom stereocenters. The molecular weight excluding hydrogens is 614 g/mol. The van der Waals surface area contributed by atoms with Crippen molar-refractivity contribution in [1.82, 2.24) is 0 Å². The first kappa shape index (κ1) is 35.0. The molecule has 1 saturated heterocycles. The fourth-order valence-corrected chi connectivity index (χ4v) is 6.69. The number of methoxy groups -OCH3 is 1. The van der Waals surface area contributed by atoms with E-state index in [0.29, 0.717) is 0 Å². The van der Waals surface area contributed by atoms with E-state index < -0.39 is 77.8 Å². The number of phenols is 1. The standard InChI is InChI=1S/C34H43NO12/c1-15(37)9-25(44-16(2)14-36)47-33-17(3)45-26(11-22(33)35)46-24-13-34(42,18(4)38)12-19-10-21-29(31(40)27(19)24)32(41)28-20(30(21)39)7-6-8-23(28)43-5/h6-8,10,15-17,22,24-26,33,36-37,40,42H,9,11-14,35H2,1-5H3. The quantitative estimate of drug-likeness (QED) is 0.187. The first-order valence-corrected chi connectivity index (χ1v) is 15.7. The zero-order valence-electron chi connectivity index (χ0n) is 27.1. The highest BCUT2D eigenvalue weighted by Crippen LogP contribution is 2.48. The monoisotopic (exact) mass is 657 g/mol. The molecule has 0 amide bonds. The largest absolute Gasteiger partial charge is 0.507 e. The molecule has 3 aliphatic rings. The van der Waals surface area contributed by atoms with Crippen molar-refractivity contribution >= 4 is 17.3 Å². The number of rotatable bonds is 11. The number of aliphatic hydroxyl groups excluding tert-OH is 2. The molecule has 0 bridgehead atoms. The van der Waals surface area contributed by atoms with Gasteiger partial charge in [-0.1, -0.05) is 12.1 Å². The van der Waals surface area contributed by atoms with E-state index in [1.807, 2.05) is 0 Å². The average Bonchev–Trinajstić information content (AvgIpc) is 3.00. The SMILES string of the molecule is COc1cccc2c1C(=O)c1c(cc3c(c1O)C(OC1CC(N)C(OC(CC(C)O)OC(C)CO)C(C)O1)CC(O)(C(C)=O)C3)C2=O. The second-order valence-electron chi connectivity index (χ2n) is 12.8. The third kappa shape index (κ3) is 6.72. The van der Waals surface area contributed by atoms with Gasteiger partial charge in [0, 0.05) is 48.4 Å². The summed E-state index contributed by atoms with van der Waals surface area (Å²) in [4.78, 5) is 40.1. The van der Waals surface area contributed by atoms with Crippen LogP contribution < -0.4 is 10.5 Å². The normalized spacial score (nSPS) is 28.9. The van der Waals surface area contributed by atoms with E-state index in [-0.39, 0.29) is 71.4 Å². The van der Waals surface area contributed by atoms with Gasteiger partial charge in [0.1, 0.15) is 23.2 Å². The highest BCUT2D eigenvalue weighted by molar-refractivity contribution is 6.30. The van der Waals surface area contributed by atoms with E-state index in [1.165, 1.54) is 26.2 Å². The van der Waals surface area contributed by atoms with Crippen molar-refractivity contribution in [2.45, 2.75) is 108 Å². The number of carbonyl (C=O) groups is 3. The Labute approximate surface area is 272 Å². The predicted molar refractivity (Wildman–Crippen MR) is 165 cm³/mol. The predicted octanol–water partition coefficient (Wildman–Crippen LogP) is 1.84. The number of hydrogen-bond donors (Lipinski definition) is 5. The summed E-state index contributed by atoms with van der Waals surface area (Å²) < 4.78 is 29.7. The van der Waals surface area contributed by atoms with Crippen molar-refractivity contribution in [3.63, 3.8) is 0 Å². The summed E-state index contributed by atoms with van der Waals surface area (Å²) in [6.45, 7) is 5.97. The van der Waals surface area contributed by atoms with Gasteiger partial charge in [0.25, 0.3) is 0 Å². The second kappa shape index (κ2) is 13.7. The molecule has 2 aliphatic carbocycles. The molecule has 9 atom stereocenters. The van der Waals surface area contributed by atoms with E-state index in [2.05, 4.69) is 0 Å². The number of ketones is 3. The van der Waals surface area contributed by atoms with Gasteiger partial charge in [-0.05, 0) is 45.4 Å². The van der Waals surface area contributed by atoms with E-state index in [0.717, 1.165) is 0 Å². The highest BCUT2D eigenvalue weighted by atomic mass is 16.7. The Kier molecular flexibility index (Phi) is 10.2. The lowest BCUT2D eigenvalue weighted by Crippen LogP contribution is -2.55. The first-order chi connectivity index (χ1) is 22.2. The summed E-state index contributed by atoms with van der Waals surface area (Å²) in [6.07, 6.45) is -5.85. The van der Waals surface area contributed by atoms with Gasteiger partial charge in [-0.15, -0.1) is 0 Å². The topological polar surface area (TPSA) is 204 Å². The van der Waals surface area contributed by atoms with Gasteiger partial charge in [-0.3, -0.25) is 14.4 Å². The lowest BCUT2D eigenvalue weighted by Gasteiger charge is -2.43. The average molecular weight is 658 g/mol. The molecule has 0 aromatic heterocycles. The molecule has 1 fully saturated rings. The lowest BCUT2D eigenvalue weighted by atomic mass is 9.72. The second-order valence-corrected chi connectivity index (χ2v) is 12.8. The van der Waals surface area contributed by atoms with Gasteiger partial charge in [0.05, 0.1) is 49.3 Å². The molecule has 1 heterocycles. The summed E-state index contributed by atoms with van der Waals surface area (Å²) in [7, 11) is 1.38. The zero-order chi connectivity index (χ0) is 34.4. The molecule has 5 rings (SSSR count). The molecule has 2 aromatic rings. The van der Waals surface area contributed by atoms with Crippen LogP contribution >= 0.6 is 0 Å². The summed E-state index contributed by atoms with van der Waals surface area (Å²) in [6, 6.07) is 5.43. The molecule has 0 radical (unpaired) electrons. The lowest BCUT2D eigenvalue weighted by molar-refractivity contribution is -0.285. The maximum atomic E-state index is 13.8. The summed E-state index contributed by atoms with van der Waals surface area (Å²) in [5, 5.41) is 42.5. The number of fused-ring (bicyclic) bond motifs is 3. The number of nitrogens with two attached hydrogens (primary N) is 1. The maximum Gasteiger partial charge on any atom is 0.201 e. The van der Waals surface area contributed by atoms with Crippen molar-refractivity contribution in [1.29, 1.82) is 0 Å². The number of carbonyl (C=O) groups excluding carboxylic acids is 3. The smallest absolute Gasteiger partial charge is 0.201 e. The van der Waals surface area contributed by atoms with Crippen molar-refractivity contribution in [2.75, 3.05) is 13.7 Å². The van der Waals surface area contributed by atoms with Crippen LogP contribution in [0.25, 0.3) is 0 Å². The van der Waals surface area contributed by atoms with Crippen LogP contribution in [0.4, 0.5) is 0 Å². The number of ether oxygens (including phenoxy) is 5. The molecule has 0 spiro atoms. The first-order valence-electron chi connectivity index (χ1n) is 15.7. The highest BCUT2D eigenvalue weighted by Gasteiger charge is 2.48. The molecule has 47 heavy (non-hydrogen) atoms. The number of aliphatic hydroxyl groups is 3. The van der Waals surface area contributed by atoms with Gasteiger partial charge in [-0.2, -0.15) is 0 Å². The van der Waals surface area contributed by atoms with Crippen molar-refractivity contribution < 1.29 is 58.5 Å². The minimum absolute atomic E-state index is 0.0315. The van der Waals surface area contributed by atoms with Gasteiger partial charge < -0.3 is 49.8 Å². The van der Waals surface area contributed by atoms with Crippen LogP contribution in [0.3, 0.4) is 0 Å². The molecule has 2 aromatic carbocycles. The molecule has 13 nitrogen and oxygen atoms in total. The van der Waals surface area contributed by atoms with Crippen LogP contribution in [0.1, 0.15) is 96.0 Å². The minimum atomic E-state index is -1.88. The van der Waals surface area contributed by atoms with Crippen molar-refractivity contribution in [3.8, 4) is 11.5 Å². The minimum Gasteiger partial charge on any atom is -0.507 e. The Hall–Kier alpha value is -3.27. The number of benzene rings is 2. The van der Waals surface area contributed by atoms with E-state index in [9.17, 15) is 34.8 Å². The van der Waals surface area contributed by atoms with E-state index in [1.54, 1.807) is 32.9 Å². The fraction of sp³-hybridized carbons (Fsp3) is 0.559. The molecule has 256 valence electrons. The number of Topliss-reactive ketones (excluding diaryl/α,β-unsaturated/α-hetero) is 1. The van der Waals surface area contributed by atoms with Crippen LogP contribution in [-0.4, -0.2) is 100 Å². The van der Waals surface area contributed by atoms with Gasteiger partial charge in [-0.25, -0.2) is 0 Å². The summed E-state index contributed by atoms with van der Waals surface area (Å²) in [5.41, 5.74) is 4.99. The Morgan fingerprint density at radius 1 is 1.17 bits per heavy atom. The van der Waals surface area contributed by atoms with E-state index >= 15 is 0 Å². The van der Waals surface area contributed by atoms with Crippen LogP contribution in [0.15, 0.2) is 24.3 Å². The number of aromatic hydroxyl groups is 1. The number of hydrogen-bond acceptors (Lipinski definition) is 13. The van der Waals surface area contributed by atoms with Crippen LogP contribution in [0.5, 0.6) is 11.5 Å². The third-order valence-corrected chi connectivity index (χ3v) is 9.11. The van der Waals surface area contributed by atoms with Crippen LogP contribution in [0, 0.1) is 0 Å². The Balaban J connectivity index is 1.45. The Morgan fingerprint density at radius 2 is 1.89 bits per heavy atom. The van der Waals surface area contributed by atoms with Crippen molar-refractivity contribution in [2.24, 2.45) is 5.73 Å². The fourth-order valence-electron chi connectivity index (χ4n) is 6.69. The maximum absolute atomic E-state index is 13.8. The summed E-state index contributed by atoms with van der Waals surface area (Å²) in [5.74, 6) is -1.94. The van der Waals surface area contributed by atoms with Crippen LogP contribution in [0.2, 0.25) is 0 Å². The van der Waals surface area contributed by atoms with Crippen LogP contribution in [-0.2, 0) is 30.2 Å². The van der Waals surface area contributed by atoms with Gasteiger partial charge in [0.15, 0.2) is 24.1 Å². The molecule has 6 N–H and O–H groups in total. The van der Waals surface area contributed by atoms with Gasteiger partial charge >= 0.3 is 0 Å². The number of phenolic OH excluding ortho intramolecular Hbond substituents is 1. The Morgan fingerprint density at radius 3 is 2.51 bits per heavy atom. The molecular formula is C34H43NO12.